The van der Waals surface area contributed by atoms with Gasteiger partial charge in [-0.2, -0.15) is 0 Å². The molecule has 0 aromatic carbocycles. The summed E-state index contributed by atoms with van der Waals surface area (Å²) in [6.45, 7) is 6.32. The SMILES string of the molecule is Cl.Cl.O=C(C1CCCNCC1)N1CCCN(C2CCCC2)CC1. The van der Waals surface area contributed by atoms with Crippen LogP contribution in [0.3, 0.4) is 0 Å². The lowest BCUT2D eigenvalue weighted by Crippen LogP contribution is -2.40. The summed E-state index contributed by atoms with van der Waals surface area (Å²) in [5.74, 6) is 0.713. The molecule has 0 aromatic rings. The highest BCUT2D eigenvalue weighted by molar-refractivity contribution is 5.85. The number of nitrogens with zero attached hydrogens (tertiary/aromatic N) is 2. The third kappa shape index (κ3) is 5.77. The van der Waals surface area contributed by atoms with Crippen molar-refractivity contribution in [3.8, 4) is 0 Å². The quantitative estimate of drug-likeness (QED) is 0.816. The second-order valence-corrected chi connectivity index (χ2v) is 7.03. The Labute approximate surface area is 153 Å². The molecule has 0 spiro atoms. The number of carbonyl (C=O) groups excluding carboxylic acids is 1. The molecular weight excluding hydrogens is 333 g/mol. The van der Waals surface area contributed by atoms with E-state index in [2.05, 4.69) is 15.1 Å². The molecule has 1 atom stereocenters. The molecule has 4 nitrogen and oxygen atoms in total. The molecule has 136 valence electrons. The van der Waals surface area contributed by atoms with Crippen molar-refractivity contribution in [1.82, 2.24) is 15.1 Å². The van der Waals surface area contributed by atoms with Crippen LogP contribution in [-0.2, 0) is 4.79 Å². The zero-order chi connectivity index (χ0) is 14.5. The summed E-state index contributed by atoms with van der Waals surface area (Å²) in [7, 11) is 0. The van der Waals surface area contributed by atoms with Gasteiger partial charge in [0.25, 0.3) is 0 Å². The minimum absolute atomic E-state index is 0. The van der Waals surface area contributed by atoms with E-state index in [1.165, 1.54) is 32.2 Å². The summed E-state index contributed by atoms with van der Waals surface area (Å²) < 4.78 is 0. The van der Waals surface area contributed by atoms with Gasteiger partial charge in [0.1, 0.15) is 0 Å². The molecule has 0 aromatic heterocycles. The number of hydrogen-bond donors (Lipinski definition) is 1. The molecule has 6 heteroatoms. The van der Waals surface area contributed by atoms with Crippen LogP contribution in [0.4, 0.5) is 0 Å². The Morgan fingerprint density at radius 3 is 2.35 bits per heavy atom. The fourth-order valence-corrected chi connectivity index (χ4v) is 4.32. The van der Waals surface area contributed by atoms with Crippen LogP contribution in [0.1, 0.15) is 51.4 Å². The molecule has 3 rings (SSSR count). The topological polar surface area (TPSA) is 35.6 Å². The average molecular weight is 366 g/mol. The van der Waals surface area contributed by atoms with Crippen LogP contribution in [-0.4, -0.2) is 61.0 Å². The van der Waals surface area contributed by atoms with Crippen LogP contribution in [0.25, 0.3) is 0 Å². The number of hydrogen-bond acceptors (Lipinski definition) is 3. The summed E-state index contributed by atoms with van der Waals surface area (Å²) in [4.78, 5) is 17.6. The lowest BCUT2D eigenvalue weighted by atomic mass is 9.99. The normalized spacial score (nSPS) is 27.5. The number of halogens is 2. The van der Waals surface area contributed by atoms with E-state index in [1.54, 1.807) is 0 Å². The minimum Gasteiger partial charge on any atom is -0.341 e. The molecule has 3 fully saturated rings. The molecular formula is C17H33Cl2N3O. The van der Waals surface area contributed by atoms with Gasteiger partial charge in [-0.15, -0.1) is 24.8 Å². The van der Waals surface area contributed by atoms with E-state index in [1.807, 2.05) is 0 Å². The second-order valence-electron chi connectivity index (χ2n) is 7.03. The molecule has 1 amide bonds. The van der Waals surface area contributed by atoms with Crippen molar-refractivity contribution in [3.05, 3.63) is 0 Å². The van der Waals surface area contributed by atoms with E-state index >= 15 is 0 Å². The molecule has 1 N–H and O–H groups in total. The molecule has 1 saturated carbocycles. The predicted octanol–water partition coefficient (Wildman–Crippen LogP) is 2.70. The van der Waals surface area contributed by atoms with Gasteiger partial charge in [-0.1, -0.05) is 12.8 Å². The van der Waals surface area contributed by atoms with Crippen molar-refractivity contribution in [2.24, 2.45) is 5.92 Å². The molecule has 3 aliphatic rings. The van der Waals surface area contributed by atoms with Crippen molar-refractivity contribution >= 4 is 30.7 Å². The van der Waals surface area contributed by atoms with Gasteiger partial charge in [-0.3, -0.25) is 9.69 Å². The van der Waals surface area contributed by atoms with Crippen LogP contribution in [0.5, 0.6) is 0 Å². The zero-order valence-electron chi connectivity index (χ0n) is 14.2. The van der Waals surface area contributed by atoms with Gasteiger partial charge in [-0.05, 0) is 51.6 Å². The van der Waals surface area contributed by atoms with Gasteiger partial charge in [0.2, 0.25) is 5.91 Å². The first-order valence-corrected chi connectivity index (χ1v) is 9.08. The lowest BCUT2D eigenvalue weighted by molar-refractivity contribution is -0.135. The number of nitrogens with one attached hydrogen (secondary N) is 1. The summed E-state index contributed by atoms with van der Waals surface area (Å²) in [6.07, 6.45) is 9.98. The maximum absolute atomic E-state index is 12.8. The Morgan fingerprint density at radius 1 is 0.783 bits per heavy atom. The molecule has 1 aliphatic carbocycles. The fraction of sp³-hybridized carbons (Fsp3) is 0.941. The van der Waals surface area contributed by atoms with E-state index < -0.39 is 0 Å². The van der Waals surface area contributed by atoms with E-state index in [4.69, 9.17) is 0 Å². The van der Waals surface area contributed by atoms with Gasteiger partial charge in [0, 0.05) is 38.1 Å². The Bertz CT molecular complexity index is 343. The molecule has 0 bridgehead atoms. The van der Waals surface area contributed by atoms with Gasteiger partial charge >= 0.3 is 0 Å². The molecule has 2 aliphatic heterocycles. The lowest BCUT2D eigenvalue weighted by Gasteiger charge is -2.28. The van der Waals surface area contributed by atoms with Gasteiger partial charge in [-0.25, -0.2) is 0 Å². The molecule has 1 unspecified atom stereocenters. The Hall–Kier alpha value is -0.0300. The summed E-state index contributed by atoms with van der Waals surface area (Å²) in [6, 6.07) is 0.808. The molecule has 2 saturated heterocycles. The maximum Gasteiger partial charge on any atom is 0.225 e. The van der Waals surface area contributed by atoms with Crippen molar-refractivity contribution in [2.45, 2.75) is 57.4 Å². The monoisotopic (exact) mass is 365 g/mol. The third-order valence-electron chi connectivity index (χ3n) is 5.61. The van der Waals surface area contributed by atoms with Crippen LogP contribution in [0.2, 0.25) is 0 Å². The predicted molar refractivity (Wildman–Crippen MR) is 99.7 cm³/mol. The Kier molecular flexibility index (Phi) is 9.83. The van der Waals surface area contributed by atoms with Crippen molar-refractivity contribution in [2.75, 3.05) is 39.3 Å². The van der Waals surface area contributed by atoms with Crippen molar-refractivity contribution in [1.29, 1.82) is 0 Å². The van der Waals surface area contributed by atoms with E-state index in [-0.39, 0.29) is 30.7 Å². The summed E-state index contributed by atoms with van der Waals surface area (Å²) in [5, 5.41) is 3.41. The van der Waals surface area contributed by atoms with Crippen LogP contribution in [0.15, 0.2) is 0 Å². The highest BCUT2D eigenvalue weighted by Gasteiger charge is 2.29. The van der Waals surface area contributed by atoms with Crippen LogP contribution in [0, 0.1) is 5.92 Å². The highest BCUT2D eigenvalue weighted by atomic mass is 35.5. The highest BCUT2D eigenvalue weighted by Crippen LogP contribution is 2.25. The van der Waals surface area contributed by atoms with Gasteiger partial charge < -0.3 is 10.2 Å². The van der Waals surface area contributed by atoms with Crippen molar-refractivity contribution < 1.29 is 4.79 Å². The molecule has 0 radical (unpaired) electrons. The van der Waals surface area contributed by atoms with Gasteiger partial charge in [0.15, 0.2) is 0 Å². The largest absolute Gasteiger partial charge is 0.341 e. The summed E-state index contributed by atoms with van der Waals surface area (Å²) >= 11 is 0. The molecule has 23 heavy (non-hydrogen) atoms. The minimum atomic E-state index is 0. The number of amides is 1. The summed E-state index contributed by atoms with van der Waals surface area (Å²) in [5.41, 5.74) is 0. The number of carbonyl (C=O) groups is 1. The third-order valence-corrected chi connectivity index (χ3v) is 5.61. The zero-order valence-corrected chi connectivity index (χ0v) is 15.8. The second kappa shape index (κ2) is 10.8. The first-order chi connectivity index (χ1) is 10.3. The van der Waals surface area contributed by atoms with E-state index in [0.29, 0.717) is 5.91 Å². The maximum atomic E-state index is 12.8. The smallest absolute Gasteiger partial charge is 0.225 e. The first-order valence-electron chi connectivity index (χ1n) is 9.08. The van der Waals surface area contributed by atoms with E-state index in [9.17, 15) is 4.79 Å². The number of rotatable bonds is 2. The molecule has 2 heterocycles. The Morgan fingerprint density at radius 2 is 1.57 bits per heavy atom. The van der Waals surface area contributed by atoms with Crippen LogP contribution >= 0.6 is 24.8 Å². The average Bonchev–Trinajstić information content (AvgIpc) is 2.78. The Balaban J connectivity index is 0.00000132. The first kappa shape index (κ1) is 21.0. The van der Waals surface area contributed by atoms with Crippen LogP contribution < -0.4 is 5.32 Å². The standard InChI is InChI=1S/C17H31N3O.2ClH/c21-17(15-5-3-9-18-10-8-15)20-12-4-11-19(13-14-20)16-6-1-2-7-16;;/h15-16,18H,1-14H2;2*1H. The van der Waals surface area contributed by atoms with E-state index in [0.717, 1.165) is 64.4 Å². The van der Waals surface area contributed by atoms with Gasteiger partial charge in [0.05, 0.1) is 0 Å². The van der Waals surface area contributed by atoms with Crippen molar-refractivity contribution in [3.63, 3.8) is 0 Å². The fourth-order valence-electron chi connectivity index (χ4n) is 4.32.